The molecule has 0 aromatic heterocycles. The van der Waals surface area contributed by atoms with Crippen molar-refractivity contribution in [2.45, 2.75) is 6.10 Å². The van der Waals surface area contributed by atoms with E-state index in [1.54, 1.807) is 36.4 Å². The molecule has 3 aromatic rings. The van der Waals surface area contributed by atoms with E-state index in [-0.39, 0.29) is 5.56 Å². The van der Waals surface area contributed by atoms with Crippen LogP contribution in [0.4, 0.5) is 5.69 Å². The highest BCUT2D eigenvalue weighted by Gasteiger charge is 2.09. The molecule has 5 nitrogen and oxygen atoms in total. The number of hydrogen-bond donors (Lipinski definition) is 4. The lowest BCUT2D eigenvalue weighted by Crippen LogP contribution is -2.26. The predicted molar refractivity (Wildman–Crippen MR) is 122 cm³/mol. The minimum atomic E-state index is -0.945. The number of rotatable bonds is 9. The Morgan fingerprint density at radius 3 is 2.27 bits per heavy atom. The third-order valence-corrected chi connectivity index (χ3v) is 4.98. The Morgan fingerprint density at radius 2 is 1.57 bits per heavy atom. The van der Waals surface area contributed by atoms with Gasteiger partial charge in [0, 0.05) is 35.4 Å². The first-order chi connectivity index (χ1) is 14.4. The molecule has 0 saturated carbocycles. The van der Waals surface area contributed by atoms with E-state index in [1.807, 2.05) is 30.3 Å². The second kappa shape index (κ2) is 10.5. The number of aliphatic hydroxyl groups excluding tert-OH is 1. The van der Waals surface area contributed by atoms with Gasteiger partial charge < -0.3 is 20.8 Å². The van der Waals surface area contributed by atoms with E-state index in [1.165, 1.54) is 0 Å². The number of carbonyl (C=O) groups is 1. The minimum absolute atomic E-state index is 0.259. The highest BCUT2D eigenvalue weighted by molar-refractivity contribution is 6.34. The Morgan fingerprint density at radius 1 is 0.900 bits per heavy atom. The van der Waals surface area contributed by atoms with Gasteiger partial charge in [0.05, 0.1) is 11.7 Å². The number of anilines is 1. The fraction of sp³-hybridized carbons (Fsp3) is 0.174. The lowest BCUT2D eigenvalue weighted by Gasteiger charge is -2.14. The van der Waals surface area contributed by atoms with E-state index in [0.29, 0.717) is 35.2 Å². The Labute approximate surface area is 185 Å². The summed E-state index contributed by atoms with van der Waals surface area (Å²) in [5.41, 5.74) is 3.64. The van der Waals surface area contributed by atoms with Crippen molar-refractivity contribution in [1.82, 2.24) is 5.32 Å². The van der Waals surface area contributed by atoms with Gasteiger partial charge in [0.15, 0.2) is 0 Å². The number of aromatic carboxylic acids is 1. The zero-order valence-corrected chi connectivity index (χ0v) is 17.6. The van der Waals surface area contributed by atoms with Crippen LogP contribution in [0.3, 0.4) is 0 Å². The fourth-order valence-corrected chi connectivity index (χ4v) is 3.60. The van der Waals surface area contributed by atoms with E-state index in [0.717, 1.165) is 16.8 Å². The molecular weight excluding hydrogens is 423 g/mol. The molecular formula is C23H22Cl2N2O3. The number of nitrogens with one attached hydrogen (secondary N) is 2. The van der Waals surface area contributed by atoms with Gasteiger partial charge in [-0.3, -0.25) is 0 Å². The summed E-state index contributed by atoms with van der Waals surface area (Å²) in [5.74, 6) is -0.945. The van der Waals surface area contributed by atoms with Crippen LogP contribution in [0, 0.1) is 0 Å². The van der Waals surface area contributed by atoms with Crippen molar-refractivity contribution >= 4 is 34.9 Å². The van der Waals surface area contributed by atoms with Gasteiger partial charge in [-0.15, -0.1) is 0 Å². The summed E-state index contributed by atoms with van der Waals surface area (Å²) in [7, 11) is 0. The molecule has 0 fully saturated rings. The summed E-state index contributed by atoms with van der Waals surface area (Å²) in [4.78, 5) is 11.2. The van der Waals surface area contributed by atoms with Gasteiger partial charge in [-0.25, -0.2) is 4.79 Å². The average Bonchev–Trinajstić information content (AvgIpc) is 2.73. The lowest BCUT2D eigenvalue weighted by atomic mass is 10.0. The molecule has 30 heavy (non-hydrogen) atoms. The van der Waals surface area contributed by atoms with Gasteiger partial charge in [-0.2, -0.15) is 0 Å². The summed E-state index contributed by atoms with van der Waals surface area (Å²) < 4.78 is 0. The topological polar surface area (TPSA) is 81.6 Å². The third-order valence-electron chi connectivity index (χ3n) is 4.54. The summed E-state index contributed by atoms with van der Waals surface area (Å²) >= 11 is 11.9. The van der Waals surface area contributed by atoms with E-state index >= 15 is 0 Å². The van der Waals surface area contributed by atoms with E-state index in [4.69, 9.17) is 28.3 Å². The first-order valence-corrected chi connectivity index (χ1v) is 10.2. The number of aliphatic hydroxyl groups is 1. The number of benzene rings is 3. The van der Waals surface area contributed by atoms with Crippen LogP contribution >= 0.6 is 23.2 Å². The Bertz CT molecular complexity index is 1010. The monoisotopic (exact) mass is 444 g/mol. The molecule has 3 rings (SSSR count). The Balaban J connectivity index is 1.50. The van der Waals surface area contributed by atoms with Crippen LogP contribution in [0.25, 0.3) is 11.1 Å². The number of hydrogen-bond acceptors (Lipinski definition) is 4. The van der Waals surface area contributed by atoms with Crippen LogP contribution in [-0.2, 0) is 0 Å². The molecule has 0 heterocycles. The molecule has 0 saturated heterocycles. The molecule has 0 radical (unpaired) electrons. The maximum Gasteiger partial charge on any atom is 0.335 e. The van der Waals surface area contributed by atoms with Crippen LogP contribution in [0.2, 0.25) is 10.0 Å². The zero-order valence-electron chi connectivity index (χ0n) is 16.1. The van der Waals surface area contributed by atoms with E-state index in [2.05, 4.69) is 10.6 Å². The van der Waals surface area contributed by atoms with Gasteiger partial charge >= 0.3 is 5.97 Å². The van der Waals surface area contributed by atoms with Crippen LogP contribution in [0.5, 0.6) is 0 Å². The predicted octanol–water partition coefficient (Wildman–Crippen LogP) is 5.09. The molecule has 0 bridgehead atoms. The summed E-state index contributed by atoms with van der Waals surface area (Å²) in [6.07, 6.45) is -0.703. The molecule has 4 N–H and O–H groups in total. The molecule has 0 aliphatic heterocycles. The number of carboxylic acid groups (broad SMARTS) is 1. The maximum atomic E-state index is 11.2. The molecule has 1 atom stereocenters. The Hall–Kier alpha value is -2.57. The van der Waals surface area contributed by atoms with Gasteiger partial charge in [0.1, 0.15) is 0 Å². The first kappa shape index (κ1) is 22.1. The summed E-state index contributed by atoms with van der Waals surface area (Å²) in [6.45, 7) is 1.67. The van der Waals surface area contributed by atoms with Crippen LogP contribution < -0.4 is 10.6 Å². The highest BCUT2D eigenvalue weighted by atomic mass is 35.5. The average molecular weight is 445 g/mol. The van der Waals surface area contributed by atoms with E-state index in [9.17, 15) is 9.90 Å². The van der Waals surface area contributed by atoms with Gasteiger partial charge in [-0.05, 0) is 59.2 Å². The Kier molecular flexibility index (Phi) is 7.71. The summed E-state index contributed by atoms with van der Waals surface area (Å²) in [6, 6.07) is 19.7. The van der Waals surface area contributed by atoms with Crippen molar-refractivity contribution in [3.8, 4) is 11.1 Å². The first-order valence-electron chi connectivity index (χ1n) is 9.45. The van der Waals surface area contributed by atoms with Crippen molar-refractivity contribution in [1.29, 1.82) is 0 Å². The lowest BCUT2D eigenvalue weighted by molar-refractivity contribution is 0.0697. The highest BCUT2D eigenvalue weighted by Crippen LogP contribution is 2.24. The standard InChI is InChI=1S/C23H22Cl2N2O3/c24-19-10-18(11-20(25)13-19)22(28)14-26-7-8-27-21-6-2-4-16(12-21)15-3-1-5-17(9-15)23(29)30/h1-6,9-13,22,26-28H,7-8,14H2,(H,29,30). The largest absolute Gasteiger partial charge is 0.478 e. The van der Waals surface area contributed by atoms with Crippen LogP contribution in [0.15, 0.2) is 66.7 Å². The van der Waals surface area contributed by atoms with Crippen LogP contribution in [0.1, 0.15) is 22.0 Å². The normalized spacial score (nSPS) is 11.8. The molecule has 0 spiro atoms. The maximum absolute atomic E-state index is 11.2. The van der Waals surface area contributed by atoms with Crippen LogP contribution in [-0.4, -0.2) is 35.8 Å². The number of halogens is 2. The quantitative estimate of drug-likeness (QED) is 0.345. The molecule has 1 unspecified atom stereocenters. The molecule has 3 aromatic carbocycles. The van der Waals surface area contributed by atoms with Crippen molar-refractivity contribution in [2.24, 2.45) is 0 Å². The second-order valence-electron chi connectivity index (χ2n) is 6.82. The van der Waals surface area contributed by atoms with Crippen molar-refractivity contribution in [3.05, 3.63) is 87.9 Å². The minimum Gasteiger partial charge on any atom is -0.478 e. The molecule has 0 aliphatic rings. The zero-order chi connectivity index (χ0) is 21.5. The van der Waals surface area contributed by atoms with Crippen molar-refractivity contribution < 1.29 is 15.0 Å². The third kappa shape index (κ3) is 6.21. The smallest absolute Gasteiger partial charge is 0.335 e. The van der Waals surface area contributed by atoms with Gasteiger partial charge in [-0.1, -0.05) is 47.5 Å². The SMILES string of the molecule is O=C(O)c1cccc(-c2cccc(NCCNCC(O)c3cc(Cl)cc(Cl)c3)c2)c1. The molecule has 156 valence electrons. The van der Waals surface area contributed by atoms with Crippen molar-refractivity contribution in [2.75, 3.05) is 25.0 Å². The molecule has 7 heteroatoms. The van der Waals surface area contributed by atoms with Gasteiger partial charge in [0.25, 0.3) is 0 Å². The van der Waals surface area contributed by atoms with Gasteiger partial charge in [0.2, 0.25) is 0 Å². The molecule has 0 aliphatic carbocycles. The summed E-state index contributed by atoms with van der Waals surface area (Å²) in [5, 5.41) is 26.9. The fourth-order valence-electron chi connectivity index (χ4n) is 3.06. The van der Waals surface area contributed by atoms with E-state index < -0.39 is 12.1 Å². The second-order valence-corrected chi connectivity index (χ2v) is 7.69. The van der Waals surface area contributed by atoms with Crippen molar-refractivity contribution in [3.63, 3.8) is 0 Å². The number of carboxylic acids is 1. The molecule has 0 amide bonds.